The summed E-state index contributed by atoms with van der Waals surface area (Å²) in [6.45, 7) is 0. The van der Waals surface area contributed by atoms with Crippen LogP contribution in [0.25, 0.3) is 0 Å². The van der Waals surface area contributed by atoms with Crippen molar-refractivity contribution in [3.8, 4) is 0 Å². The lowest BCUT2D eigenvalue weighted by molar-refractivity contribution is -0.117. The topological polar surface area (TPSA) is 94.0 Å². The number of nitrogens with zero attached hydrogens (tertiary/aromatic N) is 2. The first kappa shape index (κ1) is 12.8. The van der Waals surface area contributed by atoms with E-state index in [1.165, 1.54) is 0 Å². The number of hydrogen-bond acceptors (Lipinski definition) is 5. The SMILES string of the molecule is NC(Cc1ccccc1)C(=O)Nc1nnc(C2CC2)o1. The van der Waals surface area contributed by atoms with Gasteiger partial charge in [0.05, 0.1) is 6.04 Å². The van der Waals surface area contributed by atoms with Crippen molar-refractivity contribution in [2.24, 2.45) is 5.73 Å². The summed E-state index contributed by atoms with van der Waals surface area (Å²) in [5.74, 6) is 0.642. The summed E-state index contributed by atoms with van der Waals surface area (Å²) in [5, 5.41) is 10.3. The van der Waals surface area contributed by atoms with Crippen LogP contribution < -0.4 is 11.1 Å². The Morgan fingerprint density at radius 2 is 2.10 bits per heavy atom. The van der Waals surface area contributed by atoms with Crippen molar-refractivity contribution in [3.05, 3.63) is 41.8 Å². The van der Waals surface area contributed by atoms with Crippen molar-refractivity contribution < 1.29 is 9.21 Å². The van der Waals surface area contributed by atoms with Gasteiger partial charge in [0.25, 0.3) is 0 Å². The molecule has 6 nitrogen and oxygen atoms in total. The van der Waals surface area contributed by atoms with E-state index < -0.39 is 6.04 Å². The third-order valence-electron chi connectivity index (χ3n) is 3.23. The van der Waals surface area contributed by atoms with Crippen LogP contribution in [0.5, 0.6) is 0 Å². The quantitative estimate of drug-likeness (QED) is 0.859. The summed E-state index contributed by atoms with van der Waals surface area (Å²) < 4.78 is 5.37. The van der Waals surface area contributed by atoms with Crippen LogP contribution in [0.1, 0.15) is 30.2 Å². The van der Waals surface area contributed by atoms with Crippen LogP contribution >= 0.6 is 0 Å². The molecular weight excluding hydrogens is 256 g/mol. The highest BCUT2D eigenvalue weighted by Gasteiger charge is 2.29. The molecule has 6 heteroatoms. The smallest absolute Gasteiger partial charge is 0.322 e. The summed E-state index contributed by atoms with van der Waals surface area (Å²) in [4.78, 5) is 11.9. The second kappa shape index (κ2) is 5.42. The van der Waals surface area contributed by atoms with Gasteiger partial charge >= 0.3 is 6.01 Å². The number of aromatic nitrogens is 2. The number of rotatable bonds is 5. The Morgan fingerprint density at radius 1 is 1.35 bits per heavy atom. The van der Waals surface area contributed by atoms with Crippen molar-refractivity contribution in [2.45, 2.75) is 31.2 Å². The predicted octanol–water partition coefficient (Wildman–Crippen LogP) is 1.46. The molecule has 3 N–H and O–H groups in total. The number of anilines is 1. The number of benzene rings is 1. The lowest BCUT2D eigenvalue weighted by Gasteiger charge is -2.09. The molecule has 0 saturated heterocycles. The Hall–Kier alpha value is -2.21. The minimum Gasteiger partial charge on any atom is -0.408 e. The molecule has 1 aromatic carbocycles. The molecule has 1 atom stereocenters. The fourth-order valence-corrected chi connectivity index (χ4v) is 1.94. The summed E-state index contributed by atoms with van der Waals surface area (Å²) in [5.41, 5.74) is 6.89. The van der Waals surface area contributed by atoms with Crippen LogP contribution in [0.15, 0.2) is 34.7 Å². The van der Waals surface area contributed by atoms with Crippen LogP contribution in [0.4, 0.5) is 6.01 Å². The van der Waals surface area contributed by atoms with Crippen molar-refractivity contribution in [1.29, 1.82) is 0 Å². The molecule has 0 bridgehead atoms. The Labute approximate surface area is 116 Å². The molecule has 3 rings (SSSR count). The van der Waals surface area contributed by atoms with E-state index in [4.69, 9.17) is 10.2 Å². The van der Waals surface area contributed by atoms with Gasteiger partial charge in [-0.25, -0.2) is 0 Å². The second-order valence-electron chi connectivity index (χ2n) is 5.01. The fourth-order valence-electron chi connectivity index (χ4n) is 1.94. The zero-order valence-electron chi connectivity index (χ0n) is 11.0. The summed E-state index contributed by atoms with van der Waals surface area (Å²) in [7, 11) is 0. The summed E-state index contributed by atoms with van der Waals surface area (Å²) in [6.07, 6.45) is 2.61. The van der Waals surface area contributed by atoms with Crippen molar-refractivity contribution in [2.75, 3.05) is 5.32 Å². The Bertz CT molecular complexity index is 592. The molecule has 1 aromatic heterocycles. The zero-order valence-corrected chi connectivity index (χ0v) is 11.0. The summed E-state index contributed by atoms with van der Waals surface area (Å²) in [6, 6.07) is 9.11. The summed E-state index contributed by atoms with van der Waals surface area (Å²) >= 11 is 0. The third kappa shape index (κ3) is 3.03. The van der Waals surface area contributed by atoms with E-state index in [1.807, 2.05) is 30.3 Å². The third-order valence-corrected chi connectivity index (χ3v) is 3.23. The average Bonchev–Trinajstić information content (AvgIpc) is 3.20. The van der Waals surface area contributed by atoms with Crippen LogP contribution in [0.2, 0.25) is 0 Å². The molecule has 1 aliphatic carbocycles. The molecule has 0 spiro atoms. The Balaban J connectivity index is 1.57. The Morgan fingerprint density at radius 3 is 2.80 bits per heavy atom. The van der Waals surface area contributed by atoms with Gasteiger partial charge in [0.2, 0.25) is 11.8 Å². The van der Waals surface area contributed by atoms with Gasteiger partial charge in [-0.15, -0.1) is 5.10 Å². The molecule has 2 aromatic rings. The van der Waals surface area contributed by atoms with E-state index in [0.717, 1.165) is 18.4 Å². The lowest BCUT2D eigenvalue weighted by atomic mass is 10.1. The number of nitrogens with two attached hydrogens (primary N) is 1. The second-order valence-corrected chi connectivity index (χ2v) is 5.01. The largest absolute Gasteiger partial charge is 0.408 e. The predicted molar refractivity (Wildman–Crippen MR) is 73.0 cm³/mol. The van der Waals surface area contributed by atoms with Gasteiger partial charge < -0.3 is 10.2 Å². The molecule has 0 aliphatic heterocycles. The number of carbonyl (C=O) groups is 1. The van der Waals surface area contributed by atoms with Crippen LogP contribution in [-0.4, -0.2) is 22.1 Å². The highest BCUT2D eigenvalue weighted by molar-refractivity contribution is 5.93. The maximum Gasteiger partial charge on any atom is 0.322 e. The molecule has 1 fully saturated rings. The minimum atomic E-state index is -0.645. The van der Waals surface area contributed by atoms with Crippen molar-refractivity contribution in [3.63, 3.8) is 0 Å². The standard InChI is InChI=1S/C14H16N4O2/c15-11(8-9-4-2-1-3-5-9)12(19)16-14-18-17-13(20-14)10-6-7-10/h1-5,10-11H,6-8,15H2,(H,16,18,19). The molecular formula is C14H16N4O2. The first-order valence-corrected chi connectivity index (χ1v) is 6.66. The van der Waals surface area contributed by atoms with Gasteiger partial charge in [-0.3, -0.25) is 10.1 Å². The molecule has 104 valence electrons. The van der Waals surface area contributed by atoms with Gasteiger partial charge in [-0.2, -0.15) is 0 Å². The van der Waals surface area contributed by atoms with E-state index in [9.17, 15) is 4.79 Å². The monoisotopic (exact) mass is 272 g/mol. The van der Waals surface area contributed by atoms with Crippen molar-refractivity contribution >= 4 is 11.9 Å². The van der Waals surface area contributed by atoms with E-state index in [1.54, 1.807) is 0 Å². The van der Waals surface area contributed by atoms with Gasteiger partial charge in [-0.1, -0.05) is 35.4 Å². The fraction of sp³-hybridized carbons (Fsp3) is 0.357. The number of nitrogens with one attached hydrogen (secondary N) is 1. The molecule has 20 heavy (non-hydrogen) atoms. The first-order valence-electron chi connectivity index (χ1n) is 6.66. The maximum atomic E-state index is 11.9. The van der Waals surface area contributed by atoms with Crippen LogP contribution in [0.3, 0.4) is 0 Å². The number of hydrogen-bond donors (Lipinski definition) is 2. The zero-order chi connectivity index (χ0) is 13.9. The van der Waals surface area contributed by atoms with Gasteiger partial charge in [-0.05, 0) is 24.8 Å². The molecule has 1 aliphatic rings. The van der Waals surface area contributed by atoms with E-state index in [2.05, 4.69) is 15.5 Å². The molecule has 1 amide bonds. The highest BCUT2D eigenvalue weighted by atomic mass is 16.4. The molecule has 0 radical (unpaired) electrons. The molecule has 1 heterocycles. The van der Waals surface area contributed by atoms with Crippen LogP contribution in [0, 0.1) is 0 Å². The van der Waals surface area contributed by atoms with Gasteiger partial charge in [0.1, 0.15) is 0 Å². The van der Waals surface area contributed by atoms with Crippen LogP contribution in [-0.2, 0) is 11.2 Å². The normalized spacial score (nSPS) is 15.8. The highest BCUT2D eigenvalue weighted by Crippen LogP contribution is 2.39. The maximum absolute atomic E-state index is 11.9. The van der Waals surface area contributed by atoms with E-state index in [0.29, 0.717) is 18.2 Å². The lowest BCUT2D eigenvalue weighted by Crippen LogP contribution is -2.37. The molecule has 1 saturated carbocycles. The average molecular weight is 272 g/mol. The number of amides is 1. The van der Waals surface area contributed by atoms with Gasteiger partial charge in [0, 0.05) is 5.92 Å². The number of carbonyl (C=O) groups excluding carboxylic acids is 1. The first-order chi connectivity index (χ1) is 9.72. The van der Waals surface area contributed by atoms with Gasteiger partial charge in [0.15, 0.2) is 0 Å². The van der Waals surface area contributed by atoms with Crippen molar-refractivity contribution in [1.82, 2.24) is 10.2 Å². The Kier molecular flexibility index (Phi) is 3.47. The minimum absolute atomic E-state index is 0.125. The van der Waals surface area contributed by atoms with E-state index in [-0.39, 0.29) is 11.9 Å². The van der Waals surface area contributed by atoms with E-state index >= 15 is 0 Å². The molecule has 1 unspecified atom stereocenters.